The average Bonchev–Trinajstić information content (AvgIpc) is 2.66. The number of aliphatic imine (C=N–C) groups is 1. The monoisotopic (exact) mass is 153 g/mol. The molecule has 0 radical (unpaired) electrons. The van der Waals surface area contributed by atoms with E-state index in [0.29, 0.717) is 12.3 Å². The quantitative estimate of drug-likeness (QED) is 0.569. The van der Waals surface area contributed by atoms with Crippen molar-refractivity contribution in [3.8, 4) is 0 Å². The molecule has 0 spiro atoms. The van der Waals surface area contributed by atoms with Gasteiger partial charge in [0.2, 0.25) is 5.91 Å². The van der Waals surface area contributed by atoms with Crippen LogP contribution in [-0.2, 0) is 4.79 Å². The van der Waals surface area contributed by atoms with Gasteiger partial charge < -0.3 is 0 Å². The summed E-state index contributed by atoms with van der Waals surface area (Å²) in [5.41, 5.74) is 0. The van der Waals surface area contributed by atoms with E-state index in [4.69, 9.17) is 0 Å². The van der Waals surface area contributed by atoms with Crippen LogP contribution in [0.5, 0.6) is 0 Å². The normalized spacial score (nSPS) is 31.1. The highest BCUT2D eigenvalue weighted by molar-refractivity contribution is 5.80. The van der Waals surface area contributed by atoms with Gasteiger partial charge in [0.25, 0.3) is 0 Å². The van der Waals surface area contributed by atoms with Gasteiger partial charge in [0.15, 0.2) is 0 Å². The predicted octanol–water partition coefficient (Wildman–Crippen LogP) is 1.90. The van der Waals surface area contributed by atoms with Crippen molar-refractivity contribution < 1.29 is 4.79 Å². The van der Waals surface area contributed by atoms with Gasteiger partial charge in [-0.05, 0) is 30.9 Å². The van der Waals surface area contributed by atoms with Gasteiger partial charge >= 0.3 is 0 Å². The molecule has 62 valence electrons. The van der Waals surface area contributed by atoms with Gasteiger partial charge in [-0.1, -0.05) is 13.8 Å². The van der Waals surface area contributed by atoms with Crippen LogP contribution < -0.4 is 0 Å². The van der Waals surface area contributed by atoms with E-state index in [-0.39, 0.29) is 5.91 Å². The molecule has 0 aromatic heterocycles. The van der Waals surface area contributed by atoms with Crippen LogP contribution in [0.25, 0.3) is 0 Å². The average molecular weight is 153 g/mol. The Labute approximate surface area is 67.7 Å². The molecule has 0 saturated heterocycles. The third-order valence-electron chi connectivity index (χ3n) is 2.58. The number of carbonyl (C=O) groups excluding carboxylic acids is 1. The highest BCUT2D eigenvalue weighted by Gasteiger charge is 2.37. The van der Waals surface area contributed by atoms with E-state index < -0.39 is 0 Å². The molecule has 1 saturated carbocycles. The Morgan fingerprint density at radius 3 is 2.73 bits per heavy atom. The van der Waals surface area contributed by atoms with Crippen LogP contribution in [0.4, 0.5) is 0 Å². The summed E-state index contributed by atoms with van der Waals surface area (Å²) >= 11 is 0. The lowest BCUT2D eigenvalue weighted by molar-refractivity contribution is -0.118. The van der Waals surface area contributed by atoms with E-state index in [2.05, 4.69) is 25.6 Å². The van der Waals surface area contributed by atoms with E-state index in [1.165, 1.54) is 6.42 Å². The molecular formula is C9H15NO. The molecule has 0 aliphatic heterocycles. The Kier molecular flexibility index (Phi) is 2.42. The van der Waals surface area contributed by atoms with Gasteiger partial charge in [-0.15, -0.1) is 0 Å². The molecule has 0 aromatic rings. The summed E-state index contributed by atoms with van der Waals surface area (Å²) in [7, 11) is 0. The molecule has 1 amide bonds. The Morgan fingerprint density at radius 1 is 1.82 bits per heavy atom. The first-order valence-electron chi connectivity index (χ1n) is 4.14. The molecule has 3 atom stereocenters. The molecule has 2 nitrogen and oxygen atoms in total. The zero-order valence-electron chi connectivity index (χ0n) is 7.21. The molecular weight excluding hydrogens is 138 g/mol. The molecule has 0 bridgehead atoms. The SMILES string of the molecule is C=NC(=O)CC(C)[C@H]1CC1C. The first kappa shape index (κ1) is 8.44. The van der Waals surface area contributed by atoms with Gasteiger partial charge in [-0.2, -0.15) is 0 Å². The highest BCUT2D eigenvalue weighted by Crippen LogP contribution is 2.44. The van der Waals surface area contributed by atoms with Gasteiger partial charge in [0, 0.05) is 6.42 Å². The lowest BCUT2D eigenvalue weighted by Gasteiger charge is -2.05. The van der Waals surface area contributed by atoms with Crippen LogP contribution in [-0.4, -0.2) is 12.6 Å². The summed E-state index contributed by atoms with van der Waals surface area (Å²) in [6.07, 6.45) is 1.87. The third kappa shape index (κ3) is 2.14. The Bertz CT molecular complexity index is 176. The van der Waals surface area contributed by atoms with Crippen molar-refractivity contribution >= 4 is 12.6 Å². The van der Waals surface area contributed by atoms with Gasteiger partial charge in [0.1, 0.15) is 0 Å². The van der Waals surface area contributed by atoms with Crippen LogP contribution in [0.2, 0.25) is 0 Å². The zero-order valence-corrected chi connectivity index (χ0v) is 7.21. The van der Waals surface area contributed by atoms with Crippen LogP contribution >= 0.6 is 0 Å². The molecule has 1 aliphatic carbocycles. The second kappa shape index (κ2) is 3.16. The molecule has 0 heterocycles. The number of amides is 1. The van der Waals surface area contributed by atoms with Crippen molar-refractivity contribution in [3.05, 3.63) is 0 Å². The second-order valence-electron chi connectivity index (χ2n) is 3.61. The van der Waals surface area contributed by atoms with Crippen molar-refractivity contribution in [1.29, 1.82) is 0 Å². The number of nitrogens with zero attached hydrogens (tertiary/aromatic N) is 1. The molecule has 11 heavy (non-hydrogen) atoms. The van der Waals surface area contributed by atoms with Crippen molar-refractivity contribution in [3.63, 3.8) is 0 Å². The number of hydrogen-bond acceptors (Lipinski definition) is 1. The number of hydrogen-bond donors (Lipinski definition) is 0. The molecule has 2 heteroatoms. The molecule has 0 aromatic carbocycles. The number of rotatable bonds is 3. The fourth-order valence-corrected chi connectivity index (χ4v) is 1.64. The van der Waals surface area contributed by atoms with Crippen LogP contribution in [0, 0.1) is 17.8 Å². The summed E-state index contributed by atoms with van der Waals surface area (Å²) in [6, 6.07) is 0. The minimum absolute atomic E-state index is 0.0587. The van der Waals surface area contributed by atoms with Crippen molar-refractivity contribution in [2.75, 3.05) is 0 Å². The Hall–Kier alpha value is -0.660. The maximum absolute atomic E-state index is 10.8. The third-order valence-corrected chi connectivity index (χ3v) is 2.58. The molecule has 1 fully saturated rings. The topological polar surface area (TPSA) is 29.4 Å². The standard InChI is InChI=1S/C9H15NO/c1-6-4-8(6)7(2)5-9(11)10-3/h6-8H,3-5H2,1-2H3/t6?,7?,8-/m0/s1. The predicted molar refractivity (Wildman–Crippen MR) is 45.6 cm³/mol. The van der Waals surface area contributed by atoms with Crippen LogP contribution in [0.3, 0.4) is 0 Å². The smallest absolute Gasteiger partial charge is 0.245 e. The number of carbonyl (C=O) groups is 1. The van der Waals surface area contributed by atoms with E-state index in [1.54, 1.807) is 0 Å². The maximum Gasteiger partial charge on any atom is 0.245 e. The maximum atomic E-state index is 10.8. The first-order chi connectivity index (χ1) is 5.15. The molecule has 1 aliphatic rings. The molecule has 0 N–H and O–H groups in total. The van der Waals surface area contributed by atoms with Gasteiger partial charge in [-0.25, -0.2) is 4.99 Å². The van der Waals surface area contributed by atoms with Gasteiger partial charge in [-0.3, -0.25) is 4.79 Å². The summed E-state index contributed by atoms with van der Waals surface area (Å²) in [5.74, 6) is 2.03. The fourth-order valence-electron chi connectivity index (χ4n) is 1.64. The van der Waals surface area contributed by atoms with Gasteiger partial charge in [0.05, 0.1) is 0 Å². The Balaban J connectivity index is 2.26. The van der Waals surface area contributed by atoms with E-state index in [1.807, 2.05) is 0 Å². The summed E-state index contributed by atoms with van der Waals surface area (Å²) in [5, 5.41) is 0. The zero-order chi connectivity index (χ0) is 8.43. The van der Waals surface area contributed by atoms with Crippen LogP contribution in [0.15, 0.2) is 4.99 Å². The van der Waals surface area contributed by atoms with Crippen molar-refractivity contribution in [2.24, 2.45) is 22.7 Å². The highest BCUT2D eigenvalue weighted by atomic mass is 16.1. The van der Waals surface area contributed by atoms with E-state index in [9.17, 15) is 4.79 Å². The fraction of sp³-hybridized carbons (Fsp3) is 0.778. The first-order valence-corrected chi connectivity index (χ1v) is 4.14. The summed E-state index contributed by atoms with van der Waals surface area (Å²) in [6.45, 7) is 7.56. The molecule has 2 unspecified atom stereocenters. The van der Waals surface area contributed by atoms with Crippen LogP contribution in [0.1, 0.15) is 26.7 Å². The summed E-state index contributed by atoms with van der Waals surface area (Å²) in [4.78, 5) is 14.2. The van der Waals surface area contributed by atoms with Crippen molar-refractivity contribution in [2.45, 2.75) is 26.7 Å². The second-order valence-corrected chi connectivity index (χ2v) is 3.61. The van der Waals surface area contributed by atoms with E-state index in [0.717, 1.165) is 11.8 Å². The Morgan fingerprint density at radius 2 is 2.36 bits per heavy atom. The van der Waals surface area contributed by atoms with Crippen molar-refractivity contribution in [1.82, 2.24) is 0 Å². The lowest BCUT2D eigenvalue weighted by atomic mass is 10.0. The minimum atomic E-state index is -0.0587. The van der Waals surface area contributed by atoms with E-state index >= 15 is 0 Å². The largest absolute Gasteiger partial charge is 0.273 e. The summed E-state index contributed by atoms with van der Waals surface area (Å²) < 4.78 is 0. The molecule has 1 rings (SSSR count). The lowest BCUT2D eigenvalue weighted by Crippen LogP contribution is -2.05. The minimum Gasteiger partial charge on any atom is -0.273 e.